The van der Waals surface area contributed by atoms with E-state index in [-0.39, 0.29) is 25.4 Å². The molecule has 0 N–H and O–H groups in total. The lowest BCUT2D eigenvalue weighted by molar-refractivity contribution is -0.117. The fraction of sp³-hybridized carbons (Fsp3) is 0.316. The molecule has 0 unspecified atom stereocenters. The largest absolute Gasteiger partial charge is 0.496 e. The summed E-state index contributed by atoms with van der Waals surface area (Å²) in [7, 11) is 4.68. The topological polar surface area (TPSA) is 63.2 Å². The number of Topliss-reactive ketones (excluding diaryl/α,β-unsaturated/α-hetero) is 1. The van der Waals surface area contributed by atoms with Crippen LogP contribution in [-0.4, -0.2) is 33.9 Å². The van der Waals surface area contributed by atoms with Crippen LogP contribution in [0, 0.1) is 0 Å². The van der Waals surface area contributed by atoms with Crippen molar-refractivity contribution >= 4 is 5.78 Å². The minimum absolute atomic E-state index is 0.0423. The molecule has 2 aromatic rings. The van der Waals surface area contributed by atoms with Crippen LogP contribution in [0.4, 0.5) is 0 Å². The SMILES string of the molecule is COc1cc(OC)c(CC(=O)Cc2ccc3c(c2)OCO3)c(OC)c1. The van der Waals surface area contributed by atoms with E-state index in [0.717, 1.165) is 5.56 Å². The zero-order chi connectivity index (χ0) is 17.8. The van der Waals surface area contributed by atoms with Crippen LogP contribution in [0.2, 0.25) is 0 Å². The second kappa shape index (κ2) is 7.34. The lowest BCUT2D eigenvalue weighted by Gasteiger charge is -2.14. The first-order chi connectivity index (χ1) is 12.1. The second-order valence-electron chi connectivity index (χ2n) is 5.59. The first kappa shape index (κ1) is 17.0. The fourth-order valence-electron chi connectivity index (χ4n) is 2.79. The Morgan fingerprint density at radius 1 is 0.920 bits per heavy atom. The Labute approximate surface area is 146 Å². The summed E-state index contributed by atoms with van der Waals surface area (Å²) in [5.74, 6) is 3.16. The Bertz CT molecular complexity index is 758. The number of hydrogen-bond acceptors (Lipinski definition) is 6. The number of benzene rings is 2. The maximum atomic E-state index is 12.6. The summed E-state index contributed by atoms with van der Waals surface area (Å²) in [4.78, 5) is 12.6. The second-order valence-corrected chi connectivity index (χ2v) is 5.59. The molecule has 0 saturated carbocycles. The molecule has 0 fully saturated rings. The van der Waals surface area contributed by atoms with Crippen molar-refractivity contribution < 1.29 is 28.5 Å². The number of methoxy groups -OCH3 is 3. The molecule has 6 heteroatoms. The average molecular weight is 344 g/mol. The maximum absolute atomic E-state index is 12.6. The lowest BCUT2D eigenvalue weighted by atomic mass is 10.0. The summed E-state index contributed by atoms with van der Waals surface area (Å²) in [6.45, 7) is 0.215. The fourth-order valence-corrected chi connectivity index (χ4v) is 2.79. The quantitative estimate of drug-likeness (QED) is 0.770. The number of rotatable bonds is 7. The molecule has 0 saturated heterocycles. The highest BCUT2D eigenvalue weighted by Gasteiger charge is 2.18. The monoisotopic (exact) mass is 344 g/mol. The van der Waals surface area contributed by atoms with Crippen molar-refractivity contribution in [3.63, 3.8) is 0 Å². The van der Waals surface area contributed by atoms with Crippen molar-refractivity contribution in [2.45, 2.75) is 12.8 Å². The normalized spacial score (nSPS) is 12.0. The molecular formula is C19H20O6. The van der Waals surface area contributed by atoms with E-state index in [1.54, 1.807) is 33.5 Å². The van der Waals surface area contributed by atoms with Gasteiger partial charge in [0.25, 0.3) is 0 Å². The summed E-state index contributed by atoms with van der Waals surface area (Å²) in [6, 6.07) is 9.01. The molecule has 0 aliphatic carbocycles. The Kier molecular flexibility index (Phi) is 4.97. The summed E-state index contributed by atoms with van der Waals surface area (Å²) in [6.07, 6.45) is 0.486. The van der Waals surface area contributed by atoms with E-state index in [0.29, 0.717) is 34.3 Å². The van der Waals surface area contributed by atoms with Crippen molar-refractivity contribution in [1.82, 2.24) is 0 Å². The van der Waals surface area contributed by atoms with Gasteiger partial charge in [-0.05, 0) is 17.7 Å². The number of carbonyl (C=O) groups excluding carboxylic acids is 1. The van der Waals surface area contributed by atoms with Gasteiger partial charge in [-0.1, -0.05) is 6.07 Å². The van der Waals surface area contributed by atoms with Gasteiger partial charge in [0.1, 0.15) is 23.0 Å². The van der Waals surface area contributed by atoms with E-state index in [2.05, 4.69) is 0 Å². The van der Waals surface area contributed by atoms with Gasteiger partial charge in [-0.3, -0.25) is 4.79 Å². The smallest absolute Gasteiger partial charge is 0.231 e. The van der Waals surface area contributed by atoms with Gasteiger partial charge in [0.15, 0.2) is 11.5 Å². The number of hydrogen-bond donors (Lipinski definition) is 0. The predicted molar refractivity (Wildman–Crippen MR) is 91.1 cm³/mol. The third-order valence-electron chi connectivity index (χ3n) is 4.03. The minimum Gasteiger partial charge on any atom is -0.496 e. The Morgan fingerprint density at radius 2 is 1.60 bits per heavy atom. The van der Waals surface area contributed by atoms with E-state index < -0.39 is 0 Å². The maximum Gasteiger partial charge on any atom is 0.231 e. The van der Waals surface area contributed by atoms with Crippen molar-refractivity contribution in [3.8, 4) is 28.7 Å². The highest BCUT2D eigenvalue weighted by atomic mass is 16.7. The molecule has 3 rings (SSSR count). The standard InChI is InChI=1S/C19H20O6/c1-21-14-9-17(22-2)15(18(10-14)23-3)8-13(20)6-12-4-5-16-19(7-12)25-11-24-16/h4-5,7,9-10H,6,8,11H2,1-3H3. The highest BCUT2D eigenvalue weighted by molar-refractivity contribution is 5.84. The molecule has 6 nitrogen and oxygen atoms in total. The summed E-state index contributed by atoms with van der Waals surface area (Å²) < 4.78 is 26.6. The molecule has 1 aliphatic rings. The molecule has 0 spiro atoms. The minimum atomic E-state index is 0.0423. The van der Waals surface area contributed by atoms with Gasteiger partial charge >= 0.3 is 0 Å². The molecule has 0 amide bonds. The average Bonchev–Trinajstić information content (AvgIpc) is 3.09. The highest BCUT2D eigenvalue weighted by Crippen LogP contribution is 2.35. The van der Waals surface area contributed by atoms with Crippen LogP contribution < -0.4 is 23.7 Å². The first-order valence-corrected chi connectivity index (χ1v) is 7.83. The van der Waals surface area contributed by atoms with E-state index in [1.165, 1.54) is 0 Å². The van der Waals surface area contributed by atoms with Gasteiger partial charge in [0.05, 0.1) is 21.3 Å². The van der Waals surface area contributed by atoms with Gasteiger partial charge in [0.2, 0.25) is 6.79 Å². The van der Waals surface area contributed by atoms with Crippen LogP contribution in [-0.2, 0) is 17.6 Å². The summed E-state index contributed by atoms with van der Waals surface area (Å²) in [5.41, 5.74) is 1.58. The molecule has 0 aromatic heterocycles. The van der Waals surface area contributed by atoms with Crippen LogP contribution in [0.3, 0.4) is 0 Å². The van der Waals surface area contributed by atoms with Crippen LogP contribution in [0.1, 0.15) is 11.1 Å². The molecule has 132 valence electrons. The molecular weight excluding hydrogens is 324 g/mol. The number of ketones is 1. The van der Waals surface area contributed by atoms with E-state index in [1.807, 2.05) is 18.2 Å². The number of ether oxygens (including phenoxy) is 5. The zero-order valence-corrected chi connectivity index (χ0v) is 14.5. The van der Waals surface area contributed by atoms with Crippen molar-refractivity contribution in [1.29, 1.82) is 0 Å². The molecule has 25 heavy (non-hydrogen) atoms. The molecule has 2 aromatic carbocycles. The molecule has 1 aliphatic heterocycles. The summed E-state index contributed by atoms with van der Waals surface area (Å²) in [5, 5.41) is 0. The van der Waals surface area contributed by atoms with Crippen LogP contribution in [0.15, 0.2) is 30.3 Å². The molecule has 1 heterocycles. The van der Waals surface area contributed by atoms with Crippen molar-refractivity contribution in [2.24, 2.45) is 0 Å². The molecule has 0 bridgehead atoms. The van der Waals surface area contributed by atoms with Crippen LogP contribution in [0.5, 0.6) is 28.7 Å². The molecule has 0 radical (unpaired) electrons. The molecule has 0 atom stereocenters. The van der Waals surface area contributed by atoms with Gasteiger partial charge < -0.3 is 23.7 Å². The first-order valence-electron chi connectivity index (χ1n) is 7.83. The Hall–Kier alpha value is -2.89. The number of carbonyl (C=O) groups is 1. The van der Waals surface area contributed by atoms with Gasteiger partial charge in [-0.15, -0.1) is 0 Å². The zero-order valence-electron chi connectivity index (χ0n) is 14.5. The van der Waals surface area contributed by atoms with Gasteiger partial charge in [0, 0.05) is 30.5 Å². The predicted octanol–water partition coefficient (Wildman–Crippen LogP) is 2.80. The van der Waals surface area contributed by atoms with E-state index in [9.17, 15) is 4.79 Å². The summed E-state index contributed by atoms with van der Waals surface area (Å²) >= 11 is 0. The van der Waals surface area contributed by atoms with E-state index in [4.69, 9.17) is 23.7 Å². The third-order valence-corrected chi connectivity index (χ3v) is 4.03. The van der Waals surface area contributed by atoms with Crippen LogP contribution >= 0.6 is 0 Å². The van der Waals surface area contributed by atoms with Crippen LogP contribution in [0.25, 0.3) is 0 Å². The van der Waals surface area contributed by atoms with Crippen molar-refractivity contribution in [3.05, 3.63) is 41.5 Å². The van der Waals surface area contributed by atoms with Crippen molar-refractivity contribution in [2.75, 3.05) is 28.1 Å². The van der Waals surface area contributed by atoms with Gasteiger partial charge in [-0.25, -0.2) is 0 Å². The Morgan fingerprint density at radius 3 is 2.24 bits per heavy atom. The lowest BCUT2D eigenvalue weighted by Crippen LogP contribution is -2.09. The third kappa shape index (κ3) is 3.63. The van der Waals surface area contributed by atoms with E-state index >= 15 is 0 Å². The Balaban J connectivity index is 1.78. The number of fused-ring (bicyclic) bond motifs is 1. The van der Waals surface area contributed by atoms with Gasteiger partial charge in [-0.2, -0.15) is 0 Å².